The molecule has 5 heteroatoms. The maximum atomic E-state index is 11.5. The Hall–Kier alpha value is -0.910. The zero-order valence-electron chi connectivity index (χ0n) is 9.29. The van der Waals surface area contributed by atoms with Gasteiger partial charge in [-0.3, -0.25) is 0 Å². The van der Waals surface area contributed by atoms with Gasteiger partial charge in [0.2, 0.25) is 10.0 Å². The van der Waals surface area contributed by atoms with Crippen molar-refractivity contribution in [1.29, 1.82) is 0 Å². The normalized spacial score (nSPS) is 24.8. The van der Waals surface area contributed by atoms with Crippen LogP contribution in [0.4, 0.5) is 0 Å². The Labute approximate surface area is 95.6 Å². The van der Waals surface area contributed by atoms with Gasteiger partial charge in [-0.1, -0.05) is 24.3 Å². The predicted molar refractivity (Wildman–Crippen MR) is 61.5 cm³/mol. The molecule has 1 aromatic rings. The van der Waals surface area contributed by atoms with Crippen LogP contribution < -0.4 is 0 Å². The maximum absolute atomic E-state index is 11.5. The fraction of sp³-hybridized carbons (Fsp3) is 0.455. The molecular formula is C11H15NO3S. The average Bonchev–Trinajstić information content (AvgIpc) is 2.51. The standard InChI is InChI=1S/C11H15NO3S/c1-12(16(2,14)15)11-9-6-4-3-5-8(9)7-10(11)13/h3-6,10-11,13H,7H2,1-2H3/t10?,11-/m1/s1. The highest BCUT2D eigenvalue weighted by atomic mass is 32.2. The number of rotatable bonds is 2. The fourth-order valence-corrected chi connectivity index (χ4v) is 2.86. The third-order valence-corrected chi connectivity index (χ3v) is 4.36. The van der Waals surface area contributed by atoms with E-state index in [1.165, 1.54) is 11.4 Å². The van der Waals surface area contributed by atoms with Crippen LogP contribution in [-0.4, -0.2) is 37.2 Å². The first-order valence-corrected chi connectivity index (χ1v) is 6.95. The molecule has 16 heavy (non-hydrogen) atoms. The summed E-state index contributed by atoms with van der Waals surface area (Å²) in [7, 11) is -1.78. The smallest absolute Gasteiger partial charge is 0.211 e. The van der Waals surface area contributed by atoms with Gasteiger partial charge in [0.05, 0.1) is 18.4 Å². The number of fused-ring (bicyclic) bond motifs is 1. The zero-order chi connectivity index (χ0) is 11.9. The molecule has 0 aromatic heterocycles. The number of benzene rings is 1. The van der Waals surface area contributed by atoms with Crippen LogP contribution in [0.15, 0.2) is 24.3 Å². The highest BCUT2D eigenvalue weighted by Gasteiger charge is 2.36. The SMILES string of the molecule is CN([C@@H]1c2ccccc2CC1O)S(C)(=O)=O. The first kappa shape index (κ1) is 11.6. The van der Waals surface area contributed by atoms with Crippen LogP contribution in [0.1, 0.15) is 17.2 Å². The van der Waals surface area contributed by atoms with E-state index in [2.05, 4.69) is 0 Å². The maximum Gasteiger partial charge on any atom is 0.211 e. The Bertz CT molecular complexity index is 498. The monoisotopic (exact) mass is 241 g/mol. The Balaban J connectivity index is 2.43. The van der Waals surface area contributed by atoms with Crippen molar-refractivity contribution in [2.45, 2.75) is 18.6 Å². The molecule has 2 atom stereocenters. The molecule has 0 saturated heterocycles. The van der Waals surface area contributed by atoms with Crippen LogP contribution in [0.2, 0.25) is 0 Å². The Kier molecular flexibility index (Phi) is 2.77. The molecule has 1 aromatic carbocycles. The summed E-state index contributed by atoms with van der Waals surface area (Å²) in [6, 6.07) is 7.10. The van der Waals surface area contributed by atoms with E-state index in [0.717, 1.165) is 17.4 Å². The molecular weight excluding hydrogens is 226 g/mol. The van der Waals surface area contributed by atoms with Gasteiger partial charge >= 0.3 is 0 Å². The second-order valence-corrected chi connectivity index (χ2v) is 6.24. The lowest BCUT2D eigenvalue weighted by Gasteiger charge is -2.25. The van der Waals surface area contributed by atoms with Crippen molar-refractivity contribution in [1.82, 2.24) is 4.31 Å². The summed E-state index contributed by atoms with van der Waals surface area (Å²) in [6.07, 6.45) is 1.01. The van der Waals surface area contributed by atoms with Gasteiger partial charge in [-0.2, -0.15) is 4.31 Å². The van der Waals surface area contributed by atoms with Gasteiger partial charge in [-0.15, -0.1) is 0 Å². The number of aliphatic hydroxyl groups excluding tert-OH is 1. The first-order chi connectivity index (χ1) is 7.41. The number of sulfonamides is 1. The highest BCUT2D eigenvalue weighted by Crippen LogP contribution is 2.36. The Morgan fingerprint density at radius 3 is 2.62 bits per heavy atom. The molecule has 1 N–H and O–H groups in total. The third-order valence-electron chi connectivity index (χ3n) is 3.08. The summed E-state index contributed by atoms with van der Waals surface area (Å²) in [6.45, 7) is 0. The average molecular weight is 241 g/mol. The lowest BCUT2D eigenvalue weighted by molar-refractivity contribution is 0.113. The molecule has 0 spiro atoms. The van der Waals surface area contributed by atoms with Gasteiger partial charge in [0.1, 0.15) is 0 Å². The molecule has 1 unspecified atom stereocenters. The molecule has 0 bridgehead atoms. The number of hydrogen-bond acceptors (Lipinski definition) is 3. The summed E-state index contributed by atoms with van der Waals surface area (Å²) >= 11 is 0. The number of likely N-dealkylation sites (N-methyl/N-ethyl adjacent to an activating group) is 1. The van der Waals surface area contributed by atoms with E-state index >= 15 is 0 Å². The summed E-state index contributed by atoms with van der Waals surface area (Å²) in [5.41, 5.74) is 1.93. The molecule has 4 nitrogen and oxygen atoms in total. The molecule has 1 aliphatic carbocycles. The van der Waals surface area contributed by atoms with Gasteiger partial charge in [-0.25, -0.2) is 8.42 Å². The van der Waals surface area contributed by atoms with E-state index in [1.54, 1.807) is 0 Å². The molecule has 0 saturated carbocycles. The summed E-state index contributed by atoms with van der Waals surface area (Å²) in [5.74, 6) is 0. The zero-order valence-corrected chi connectivity index (χ0v) is 10.1. The molecule has 0 radical (unpaired) electrons. The van der Waals surface area contributed by atoms with Crippen molar-refractivity contribution >= 4 is 10.0 Å². The minimum atomic E-state index is -3.29. The summed E-state index contributed by atoms with van der Waals surface area (Å²) in [4.78, 5) is 0. The lowest BCUT2D eigenvalue weighted by Crippen LogP contribution is -2.35. The largest absolute Gasteiger partial charge is 0.391 e. The van der Waals surface area contributed by atoms with Crippen molar-refractivity contribution in [3.05, 3.63) is 35.4 Å². The lowest BCUT2D eigenvalue weighted by atomic mass is 10.1. The van der Waals surface area contributed by atoms with Crippen LogP contribution >= 0.6 is 0 Å². The van der Waals surface area contributed by atoms with E-state index in [4.69, 9.17) is 0 Å². The molecule has 1 aliphatic rings. The molecule has 2 rings (SSSR count). The van der Waals surface area contributed by atoms with E-state index < -0.39 is 22.2 Å². The topological polar surface area (TPSA) is 57.6 Å². The summed E-state index contributed by atoms with van der Waals surface area (Å²) < 4.78 is 24.2. The van der Waals surface area contributed by atoms with Crippen molar-refractivity contribution in [3.8, 4) is 0 Å². The molecule has 0 amide bonds. The first-order valence-electron chi connectivity index (χ1n) is 5.10. The third kappa shape index (κ3) is 1.86. The van der Waals surface area contributed by atoms with E-state index in [0.29, 0.717) is 6.42 Å². The Morgan fingerprint density at radius 1 is 1.38 bits per heavy atom. The van der Waals surface area contributed by atoms with Crippen LogP contribution in [0.3, 0.4) is 0 Å². The summed E-state index contributed by atoms with van der Waals surface area (Å²) in [5, 5.41) is 9.94. The molecule has 0 aliphatic heterocycles. The number of aliphatic hydroxyl groups is 1. The number of nitrogens with zero attached hydrogens (tertiary/aromatic N) is 1. The quantitative estimate of drug-likeness (QED) is 0.822. The predicted octanol–water partition coefficient (Wildman–Crippen LogP) is 0.536. The van der Waals surface area contributed by atoms with Crippen LogP contribution in [0.25, 0.3) is 0 Å². The highest BCUT2D eigenvalue weighted by molar-refractivity contribution is 7.88. The van der Waals surface area contributed by atoms with Gasteiger partial charge in [0.25, 0.3) is 0 Å². The second-order valence-electron chi connectivity index (χ2n) is 4.19. The number of hydrogen-bond donors (Lipinski definition) is 1. The van der Waals surface area contributed by atoms with Gasteiger partial charge in [-0.05, 0) is 11.1 Å². The van der Waals surface area contributed by atoms with Gasteiger partial charge in [0.15, 0.2) is 0 Å². The van der Waals surface area contributed by atoms with Crippen LogP contribution in [0.5, 0.6) is 0 Å². The fourth-order valence-electron chi connectivity index (χ4n) is 2.20. The minimum absolute atomic E-state index is 0.453. The van der Waals surface area contributed by atoms with E-state index in [1.807, 2.05) is 24.3 Å². The van der Waals surface area contributed by atoms with Crippen molar-refractivity contribution in [3.63, 3.8) is 0 Å². The second kappa shape index (κ2) is 3.84. The van der Waals surface area contributed by atoms with E-state index in [-0.39, 0.29) is 0 Å². The van der Waals surface area contributed by atoms with E-state index in [9.17, 15) is 13.5 Å². The molecule has 0 fully saturated rings. The minimum Gasteiger partial charge on any atom is -0.391 e. The van der Waals surface area contributed by atoms with Crippen LogP contribution in [0, 0.1) is 0 Å². The van der Waals surface area contributed by atoms with Gasteiger partial charge in [0, 0.05) is 13.5 Å². The van der Waals surface area contributed by atoms with Crippen molar-refractivity contribution in [2.75, 3.05) is 13.3 Å². The molecule has 88 valence electrons. The van der Waals surface area contributed by atoms with Crippen molar-refractivity contribution in [2.24, 2.45) is 0 Å². The van der Waals surface area contributed by atoms with Crippen LogP contribution in [-0.2, 0) is 16.4 Å². The van der Waals surface area contributed by atoms with Crippen molar-refractivity contribution < 1.29 is 13.5 Å². The molecule has 0 heterocycles. The van der Waals surface area contributed by atoms with Gasteiger partial charge < -0.3 is 5.11 Å². The Morgan fingerprint density at radius 2 is 2.00 bits per heavy atom.